The highest BCUT2D eigenvalue weighted by atomic mass is 35.5. The number of fused-ring (bicyclic) bond motifs is 1. The highest BCUT2D eigenvalue weighted by molar-refractivity contribution is 6.30. The van der Waals surface area contributed by atoms with Gasteiger partial charge in [-0.25, -0.2) is 4.79 Å². The van der Waals surface area contributed by atoms with Crippen molar-refractivity contribution in [3.05, 3.63) is 98.7 Å². The van der Waals surface area contributed by atoms with Gasteiger partial charge < -0.3 is 9.15 Å². The van der Waals surface area contributed by atoms with E-state index in [-0.39, 0.29) is 22.5 Å². The lowest BCUT2D eigenvalue weighted by Gasteiger charge is -2.19. The molecular weight excluding hydrogens is 424 g/mol. The molecule has 0 atom stereocenters. The summed E-state index contributed by atoms with van der Waals surface area (Å²) in [4.78, 5) is 26.2. The van der Waals surface area contributed by atoms with Crippen molar-refractivity contribution >= 4 is 28.5 Å². The van der Waals surface area contributed by atoms with Crippen LogP contribution < -0.4 is 10.2 Å². The van der Waals surface area contributed by atoms with Crippen molar-refractivity contribution in [1.82, 2.24) is 0 Å². The standard InChI is InChI=1S/C27H23ClO4/c1-16-8-13-22-21(14-16)23(29)25(32-26(30)18-6-5-7-20(28)15-18)24(31-22)17-9-11-19(12-10-17)27(2,3)4/h5-15H,1-4H3. The molecule has 5 heteroatoms. The van der Waals surface area contributed by atoms with E-state index in [0.29, 0.717) is 21.6 Å². The lowest BCUT2D eigenvalue weighted by atomic mass is 9.86. The third kappa shape index (κ3) is 4.32. The predicted octanol–water partition coefficient (Wildman–Crippen LogP) is 6.94. The second kappa shape index (κ2) is 8.29. The number of ether oxygens (including phenoxy) is 1. The van der Waals surface area contributed by atoms with E-state index in [9.17, 15) is 9.59 Å². The smallest absolute Gasteiger partial charge is 0.343 e. The fourth-order valence-electron chi connectivity index (χ4n) is 3.46. The van der Waals surface area contributed by atoms with Gasteiger partial charge in [0.15, 0.2) is 5.76 Å². The third-order valence-electron chi connectivity index (χ3n) is 5.27. The first-order chi connectivity index (χ1) is 15.1. The summed E-state index contributed by atoms with van der Waals surface area (Å²) in [7, 11) is 0. The number of aryl methyl sites for hydroxylation is 1. The lowest BCUT2D eigenvalue weighted by Crippen LogP contribution is -2.16. The maximum absolute atomic E-state index is 13.4. The Morgan fingerprint density at radius 3 is 2.34 bits per heavy atom. The second-order valence-electron chi connectivity index (χ2n) is 8.82. The van der Waals surface area contributed by atoms with Gasteiger partial charge in [0.1, 0.15) is 5.58 Å². The number of halogens is 1. The zero-order valence-corrected chi connectivity index (χ0v) is 19.1. The van der Waals surface area contributed by atoms with Crippen molar-refractivity contribution in [1.29, 1.82) is 0 Å². The van der Waals surface area contributed by atoms with Crippen LogP contribution in [0.5, 0.6) is 5.75 Å². The average molecular weight is 447 g/mol. The van der Waals surface area contributed by atoms with E-state index in [1.165, 1.54) is 6.07 Å². The summed E-state index contributed by atoms with van der Waals surface area (Å²) in [5.74, 6) is -0.613. The number of rotatable bonds is 3. The number of benzene rings is 3. The van der Waals surface area contributed by atoms with E-state index in [1.54, 1.807) is 30.3 Å². The van der Waals surface area contributed by atoms with Gasteiger partial charge in [-0.1, -0.05) is 74.3 Å². The molecule has 3 aromatic carbocycles. The van der Waals surface area contributed by atoms with Crippen LogP contribution in [-0.4, -0.2) is 5.97 Å². The van der Waals surface area contributed by atoms with E-state index in [2.05, 4.69) is 20.8 Å². The van der Waals surface area contributed by atoms with Gasteiger partial charge in [0.2, 0.25) is 11.2 Å². The Morgan fingerprint density at radius 1 is 0.969 bits per heavy atom. The highest BCUT2D eigenvalue weighted by Crippen LogP contribution is 2.33. The van der Waals surface area contributed by atoms with E-state index < -0.39 is 11.4 Å². The van der Waals surface area contributed by atoms with Crippen molar-refractivity contribution < 1.29 is 13.9 Å². The Balaban J connectivity index is 1.88. The van der Waals surface area contributed by atoms with Gasteiger partial charge >= 0.3 is 5.97 Å². The number of carbonyl (C=O) groups excluding carboxylic acids is 1. The fraction of sp³-hybridized carbons (Fsp3) is 0.185. The van der Waals surface area contributed by atoms with Crippen molar-refractivity contribution in [2.75, 3.05) is 0 Å². The molecule has 0 aliphatic heterocycles. The van der Waals surface area contributed by atoms with Crippen LogP contribution in [0.2, 0.25) is 5.02 Å². The van der Waals surface area contributed by atoms with E-state index >= 15 is 0 Å². The molecule has 0 fully saturated rings. The number of hydrogen-bond acceptors (Lipinski definition) is 4. The van der Waals surface area contributed by atoms with Gasteiger partial charge in [0.05, 0.1) is 10.9 Å². The number of hydrogen-bond donors (Lipinski definition) is 0. The first-order valence-electron chi connectivity index (χ1n) is 10.3. The van der Waals surface area contributed by atoms with Gasteiger partial charge in [-0.15, -0.1) is 0 Å². The summed E-state index contributed by atoms with van der Waals surface area (Å²) in [6.07, 6.45) is 0. The Kier molecular flexibility index (Phi) is 5.66. The molecule has 4 nitrogen and oxygen atoms in total. The van der Waals surface area contributed by atoms with Crippen LogP contribution >= 0.6 is 11.6 Å². The predicted molar refractivity (Wildman–Crippen MR) is 128 cm³/mol. The molecule has 0 amide bonds. The maximum Gasteiger partial charge on any atom is 0.343 e. The molecule has 4 rings (SSSR count). The molecule has 1 heterocycles. The monoisotopic (exact) mass is 446 g/mol. The molecule has 0 spiro atoms. The lowest BCUT2D eigenvalue weighted by molar-refractivity contribution is 0.0731. The minimum Gasteiger partial charge on any atom is -0.452 e. The van der Waals surface area contributed by atoms with E-state index in [1.807, 2.05) is 37.3 Å². The summed E-state index contributed by atoms with van der Waals surface area (Å²) in [6.45, 7) is 8.26. The van der Waals surface area contributed by atoms with Crippen LogP contribution in [0.15, 0.2) is 75.9 Å². The Hall–Kier alpha value is -3.37. The Bertz CT molecular complexity index is 1380. The van der Waals surface area contributed by atoms with E-state index in [0.717, 1.165) is 11.1 Å². The van der Waals surface area contributed by atoms with Crippen LogP contribution in [0.3, 0.4) is 0 Å². The van der Waals surface area contributed by atoms with E-state index in [4.69, 9.17) is 20.8 Å². The second-order valence-corrected chi connectivity index (χ2v) is 9.25. The minimum atomic E-state index is -0.681. The van der Waals surface area contributed by atoms with Crippen LogP contribution in [0, 0.1) is 6.92 Å². The van der Waals surface area contributed by atoms with Crippen LogP contribution in [0.4, 0.5) is 0 Å². The van der Waals surface area contributed by atoms with Crippen molar-refractivity contribution in [3.63, 3.8) is 0 Å². The number of esters is 1. The molecule has 0 saturated heterocycles. The molecule has 0 saturated carbocycles. The molecular formula is C27H23ClO4. The van der Waals surface area contributed by atoms with Gasteiger partial charge in [-0.3, -0.25) is 4.79 Å². The van der Waals surface area contributed by atoms with Crippen LogP contribution in [-0.2, 0) is 5.41 Å². The Morgan fingerprint density at radius 2 is 1.69 bits per heavy atom. The zero-order chi connectivity index (χ0) is 23.0. The molecule has 0 bridgehead atoms. The van der Waals surface area contributed by atoms with Crippen molar-refractivity contribution in [2.45, 2.75) is 33.1 Å². The summed E-state index contributed by atoms with van der Waals surface area (Å²) in [6, 6.07) is 19.4. The topological polar surface area (TPSA) is 56.5 Å². The summed E-state index contributed by atoms with van der Waals surface area (Å²) in [5.41, 5.74) is 2.93. The average Bonchev–Trinajstić information content (AvgIpc) is 2.75. The molecule has 4 aromatic rings. The quantitative estimate of drug-likeness (QED) is 0.320. The highest BCUT2D eigenvalue weighted by Gasteiger charge is 2.22. The molecule has 0 aliphatic carbocycles. The maximum atomic E-state index is 13.4. The van der Waals surface area contributed by atoms with Gasteiger partial charge in [0, 0.05) is 10.6 Å². The normalized spacial score (nSPS) is 11.5. The summed E-state index contributed by atoms with van der Waals surface area (Å²) >= 11 is 6.01. The van der Waals surface area contributed by atoms with Crippen LogP contribution in [0.25, 0.3) is 22.3 Å². The van der Waals surface area contributed by atoms with Crippen molar-refractivity contribution in [2.24, 2.45) is 0 Å². The zero-order valence-electron chi connectivity index (χ0n) is 18.4. The number of carbonyl (C=O) groups is 1. The first-order valence-corrected chi connectivity index (χ1v) is 10.7. The molecule has 0 N–H and O–H groups in total. The SMILES string of the molecule is Cc1ccc2oc(-c3ccc(C(C)(C)C)cc3)c(OC(=O)c3cccc(Cl)c3)c(=O)c2c1. The molecule has 0 unspecified atom stereocenters. The third-order valence-corrected chi connectivity index (χ3v) is 5.51. The largest absolute Gasteiger partial charge is 0.452 e. The fourth-order valence-corrected chi connectivity index (χ4v) is 3.65. The molecule has 162 valence electrons. The molecule has 1 aromatic heterocycles. The minimum absolute atomic E-state index is 0.0256. The van der Waals surface area contributed by atoms with Crippen LogP contribution in [0.1, 0.15) is 42.3 Å². The first kappa shape index (κ1) is 21.8. The Labute approximate surface area is 191 Å². The van der Waals surface area contributed by atoms with Gasteiger partial charge in [-0.05, 0) is 48.2 Å². The van der Waals surface area contributed by atoms with Crippen molar-refractivity contribution in [3.8, 4) is 17.1 Å². The molecule has 0 radical (unpaired) electrons. The summed E-state index contributed by atoms with van der Waals surface area (Å²) < 4.78 is 11.7. The van der Waals surface area contributed by atoms with Gasteiger partial charge in [0.25, 0.3) is 0 Å². The van der Waals surface area contributed by atoms with Gasteiger partial charge in [-0.2, -0.15) is 0 Å². The molecule has 0 aliphatic rings. The molecule has 32 heavy (non-hydrogen) atoms. The summed E-state index contributed by atoms with van der Waals surface area (Å²) in [5, 5.41) is 0.757.